The number of benzene rings is 2. The lowest BCUT2D eigenvalue weighted by molar-refractivity contribution is 0.198. The molecule has 0 amide bonds. The van der Waals surface area contributed by atoms with Gasteiger partial charge in [-0.3, -0.25) is 0 Å². The Morgan fingerprint density at radius 1 is 1.09 bits per heavy atom. The van der Waals surface area contributed by atoms with Crippen LogP contribution in [0.3, 0.4) is 0 Å². The molecule has 2 nitrogen and oxygen atoms in total. The van der Waals surface area contributed by atoms with Crippen molar-refractivity contribution in [1.29, 1.82) is 0 Å². The third kappa shape index (κ3) is 3.80. The summed E-state index contributed by atoms with van der Waals surface area (Å²) in [5.74, 6) is 0.959. The standard InChI is InChI=1S/C18H19NOS.ClH/c1-19-11-9-17(15-10-12-21-13-15)20-18-8-4-6-14-5-2-3-7-16(14)18;/h2-8,10,12-13,17,19H,9,11H2,1H3;1H. The van der Waals surface area contributed by atoms with Crippen molar-refractivity contribution in [2.75, 3.05) is 13.6 Å². The maximum absolute atomic E-state index is 6.34. The van der Waals surface area contributed by atoms with E-state index in [-0.39, 0.29) is 18.5 Å². The summed E-state index contributed by atoms with van der Waals surface area (Å²) in [7, 11) is 1.97. The summed E-state index contributed by atoms with van der Waals surface area (Å²) in [6, 6.07) is 16.7. The molecule has 0 aliphatic carbocycles. The summed E-state index contributed by atoms with van der Waals surface area (Å²) in [5.41, 5.74) is 1.25. The third-order valence-electron chi connectivity index (χ3n) is 3.59. The second kappa shape index (κ2) is 8.18. The van der Waals surface area contributed by atoms with Crippen LogP contribution in [0.25, 0.3) is 10.8 Å². The molecule has 0 spiro atoms. The highest BCUT2D eigenvalue weighted by atomic mass is 35.5. The molecule has 4 heteroatoms. The van der Waals surface area contributed by atoms with Gasteiger partial charge in [0.05, 0.1) is 0 Å². The van der Waals surface area contributed by atoms with Gasteiger partial charge in [0.1, 0.15) is 11.9 Å². The topological polar surface area (TPSA) is 21.3 Å². The van der Waals surface area contributed by atoms with E-state index >= 15 is 0 Å². The summed E-state index contributed by atoms with van der Waals surface area (Å²) in [6.45, 7) is 0.936. The lowest BCUT2D eigenvalue weighted by atomic mass is 10.1. The number of ether oxygens (including phenoxy) is 1. The van der Waals surface area contributed by atoms with Crippen LogP contribution in [0.15, 0.2) is 59.3 Å². The van der Waals surface area contributed by atoms with Crippen molar-refractivity contribution in [3.63, 3.8) is 0 Å². The molecule has 3 aromatic rings. The lowest BCUT2D eigenvalue weighted by Crippen LogP contribution is -2.16. The van der Waals surface area contributed by atoms with Gasteiger partial charge in [-0.1, -0.05) is 36.4 Å². The molecule has 0 saturated carbocycles. The zero-order chi connectivity index (χ0) is 14.5. The quantitative estimate of drug-likeness (QED) is 0.681. The molecule has 3 rings (SSSR count). The summed E-state index contributed by atoms with van der Waals surface area (Å²) in [5, 5.41) is 9.87. The Kier molecular flexibility index (Phi) is 6.25. The predicted octanol–water partition coefficient (Wildman–Crippen LogP) is 5.05. The predicted molar refractivity (Wildman–Crippen MR) is 97.4 cm³/mol. The summed E-state index contributed by atoms with van der Waals surface area (Å²) >= 11 is 1.72. The minimum absolute atomic E-state index is 0. The van der Waals surface area contributed by atoms with Gasteiger partial charge >= 0.3 is 0 Å². The maximum atomic E-state index is 6.34. The van der Waals surface area contributed by atoms with Crippen molar-refractivity contribution < 1.29 is 4.74 Å². The second-order valence-corrected chi connectivity index (χ2v) is 5.81. The summed E-state index contributed by atoms with van der Waals surface area (Å²) < 4.78 is 6.34. The zero-order valence-corrected chi connectivity index (χ0v) is 14.1. The molecule has 0 fully saturated rings. The van der Waals surface area contributed by atoms with Crippen molar-refractivity contribution in [2.45, 2.75) is 12.5 Å². The van der Waals surface area contributed by atoms with Gasteiger partial charge in [0.25, 0.3) is 0 Å². The molecule has 2 aromatic carbocycles. The van der Waals surface area contributed by atoms with Crippen molar-refractivity contribution in [3.8, 4) is 5.75 Å². The molecule has 1 heterocycles. The first-order valence-electron chi connectivity index (χ1n) is 7.19. The highest BCUT2D eigenvalue weighted by molar-refractivity contribution is 7.07. The maximum Gasteiger partial charge on any atom is 0.128 e. The van der Waals surface area contributed by atoms with Gasteiger partial charge in [-0.25, -0.2) is 0 Å². The number of hydrogen-bond acceptors (Lipinski definition) is 3. The van der Waals surface area contributed by atoms with Crippen LogP contribution < -0.4 is 10.1 Å². The molecule has 0 radical (unpaired) electrons. The van der Waals surface area contributed by atoms with E-state index in [1.807, 2.05) is 7.05 Å². The Hall–Kier alpha value is -1.55. The largest absolute Gasteiger partial charge is 0.485 e. The van der Waals surface area contributed by atoms with Gasteiger partial charge in [-0.2, -0.15) is 11.3 Å². The molecular formula is C18H20ClNOS. The molecule has 1 N–H and O–H groups in total. The minimum Gasteiger partial charge on any atom is -0.485 e. The van der Waals surface area contributed by atoms with Crippen molar-refractivity contribution >= 4 is 34.5 Å². The lowest BCUT2D eigenvalue weighted by Gasteiger charge is -2.19. The Balaban J connectivity index is 0.00000176. The fourth-order valence-corrected chi connectivity index (χ4v) is 3.18. The number of hydrogen-bond donors (Lipinski definition) is 1. The van der Waals surface area contributed by atoms with Gasteiger partial charge in [0.2, 0.25) is 0 Å². The molecular weight excluding hydrogens is 314 g/mol. The van der Waals surface area contributed by atoms with E-state index in [2.05, 4.69) is 64.6 Å². The monoisotopic (exact) mass is 333 g/mol. The first-order valence-corrected chi connectivity index (χ1v) is 8.14. The summed E-state index contributed by atoms with van der Waals surface area (Å²) in [6.07, 6.45) is 1.05. The number of fused-ring (bicyclic) bond motifs is 1. The first-order chi connectivity index (χ1) is 10.4. The van der Waals surface area contributed by atoms with Crippen LogP contribution in [0.4, 0.5) is 0 Å². The average Bonchev–Trinajstić information content (AvgIpc) is 3.06. The van der Waals surface area contributed by atoms with Gasteiger partial charge < -0.3 is 10.1 Å². The van der Waals surface area contributed by atoms with Crippen molar-refractivity contribution in [2.24, 2.45) is 0 Å². The van der Waals surface area contributed by atoms with E-state index in [1.165, 1.54) is 16.3 Å². The van der Waals surface area contributed by atoms with Crippen LogP contribution in [0.1, 0.15) is 18.1 Å². The molecule has 0 aliphatic heterocycles. The van der Waals surface area contributed by atoms with Crippen LogP contribution in [-0.4, -0.2) is 13.6 Å². The zero-order valence-electron chi connectivity index (χ0n) is 12.5. The number of halogens is 1. The fourth-order valence-electron chi connectivity index (χ4n) is 2.48. The molecule has 1 aromatic heterocycles. The molecule has 0 saturated heterocycles. The van der Waals surface area contributed by atoms with E-state index in [0.717, 1.165) is 18.7 Å². The number of nitrogens with one attached hydrogen (secondary N) is 1. The molecule has 1 atom stereocenters. The molecule has 0 bridgehead atoms. The van der Waals surface area contributed by atoms with Crippen LogP contribution in [-0.2, 0) is 0 Å². The van der Waals surface area contributed by atoms with Crippen molar-refractivity contribution in [1.82, 2.24) is 5.32 Å². The molecule has 1 unspecified atom stereocenters. The van der Waals surface area contributed by atoms with E-state index in [1.54, 1.807) is 11.3 Å². The van der Waals surface area contributed by atoms with E-state index in [0.29, 0.717) is 0 Å². The van der Waals surface area contributed by atoms with Gasteiger partial charge in [0, 0.05) is 17.4 Å². The number of rotatable bonds is 6. The Morgan fingerprint density at radius 2 is 1.91 bits per heavy atom. The van der Waals surface area contributed by atoms with Crippen LogP contribution in [0.2, 0.25) is 0 Å². The average molecular weight is 334 g/mol. The van der Waals surface area contributed by atoms with E-state index in [9.17, 15) is 0 Å². The van der Waals surface area contributed by atoms with Crippen LogP contribution in [0.5, 0.6) is 5.75 Å². The van der Waals surface area contributed by atoms with Crippen LogP contribution >= 0.6 is 23.7 Å². The van der Waals surface area contributed by atoms with Gasteiger partial charge in [-0.05, 0) is 41.9 Å². The summed E-state index contributed by atoms with van der Waals surface area (Å²) in [4.78, 5) is 0. The van der Waals surface area contributed by atoms with Crippen molar-refractivity contribution in [3.05, 3.63) is 64.9 Å². The van der Waals surface area contributed by atoms with E-state index < -0.39 is 0 Å². The minimum atomic E-state index is 0. The molecule has 22 heavy (non-hydrogen) atoms. The Labute approximate surface area is 141 Å². The number of thiophene rings is 1. The van der Waals surface area contributed by atoms with Gasteiger partial charge in [-0.15, -0.1) is 12.4 Å². The highest BCUT2D eigenvalue weighted by Crippen LogP contribution is 2.31. The highest BCUT2D eigenvalue weighted by Gasteiger charge is 2.14. The SMILES string of the molecule is CNCCC(Oc1cccc2ccccc12)c1ccsc1.Cl. The second-order valence-electron chi connectivity index (χ2n) is 5.03. The first kappa shape index (κ1) is 16.8. The Morgan fingerprint density at radius 3 is 2.68 bits per heavy atom. The third-order valence-corrected chi connectivity index (χ3v) is 4.29. The molecule has 0 aliphatic rings. The fraction of sp³-hybridized carbons (Fsp3) is 0.222. The molecule has 116 valence electrons. The smallest absolute Gasteiger partial charge is 0.128 e. The van der Waals surface area contributed by atoms with Crippen LogP contribution in [0, 0.1) is 0 Å². The Bertz CT molecular complexity index is 694. The normalized spacial score (nSPS) is 11.9. The van der Waals surface area contributed by atoms with E-state index in [4.69, 9.17) is 4.74 Å². The van der Waals surface area contributed by atoms with Gasteiger partial charge in [0.15, 0.2) is 0 Å².